The first-order chi connectivity index (χ1) is 7.64. The molecule has 0 aromatic carbocycles. The Hall–Kier alpha value is -0.523. The van der Waals surface area contributed by atoms with Gasteiger partial charge < -0.3 is 14.2 Å². The van der Waals surface area contributed by atoms with Crippen LogP contribution >= 0.6 is 0 Å². The molecule has 0 N–H and O–H groups in total. The van der Waals surface area contributed by atoms with E-state index >= 15 is 0 Å². The van der Waals surface area contributed by atoms with Crippen molar-refractivity contribution in [2.24, 2.45) is 4.99 Å². The molecule has 0 saturated heterocycles. The summed E-state index contributed by atoms with van der Waals surface area (Å²) in [5, 5.41) is 0. The van der Waals surface area contributed by atoms with Gasteiger partial charge in [-0.05, 0) is 20.8 Å². The van der Waals surface area contributed by atoms with Gasteiger partial charge in [0.2, 0.25) is 6.08 Å². The second kappa shape index (κ2) is 8.61. The second-order valence-electron chi connectivity index (χ2n) is 3.26. The summed E-state index contributed by atoms with van der Waals surface area (Å²) in [6, 6.07) is 0. The molecule has 6 heteroatoms. The van der Waals surface area contributed by atoms with Crippen LogP contribution in [0.1, 0.15) is 27.2 Å². The minimum absolute atomic E-state index is 0.109. The van der Waals surface area contributed by atoms with Crippen LogP contribution < -0.4 is 0 Å². The molecule has 0 spiro atoms. The summed E-state index contributed by atoms with van der Waals surface area (Å²) in [5.74, 6) is -1.06. The average Bonchev–Trinajstić information content (AvgIpc) is 2.18. The number of aliphatic imine (C=N–C) groups is 1. The van der Waals surface area contributed by atoms with Gasteiger partial charge in [0.1, 0.15) is 0 Å². The average molecular weight is 247 g/mol. The largest absolute Gasteiger partial charge is 0.328 e. The lowest BCUT2D eigenvalue weighted by atomic mass is 10.3. The monoisotopic (exact) mass is 247 g/mol. The Kier molecular flexibility index (Phi) is 8.33. The number of rotatable bonds is 9. The van der Waals surface area contributed by atoms with E-state index in [1.165, 1.54) is 0 Å². The van der Waals surface area contributed by atoms with Crippen LogP contribution in [-0.4, -0.2) is 47.8 Å². The fourth-order valence-corrected chi connectivity index (χ4v) is 2.06. The Morgan fingerprint density at radius 1 is 1.19 bits per heavy atom. The maximum atomic E-state index is 10.2. The first-order valence-electron chi connectivity index (χ1n) is 5.62. The van der Waals surface area contributed by atoms with Crippen molar-refractivity contribution in [3.8, 4) is 0 Å². The quantitative estimate of drug-likeness (QED) is 0.252. The lowest BCUT2D eigenvalue weighted by Crippen LogP contribution is -2.42. The summed E-state index contributed by atoms with van der Waals surface area (Å²) in [6.45, 7) is 7.07. The van der Waals surface area contributed by atoms with Gasteiger partial charge in [0, 0.05) is 36.5 Å². The summed E-state index contributed by atoms with van der Waals surface area (Å²) in [4.78, 5) is 13.9. The van der Waals surface area contributed by atoms with Crippen LogP contribution in [-0.2, 0) is 19.0 Å². The molecule has 0 saturated carbocycles. The lowest BCUT2D eigenvalue weighted by molar-refractivity contribution is -0.379. The van der Waals surface area contributed by atoms with Crippen LogP contribution in [0.3, 0.4) is 0 Å². The van der Waals surface area contributed by atoms with E-state index in [1.807, 2.05) is 20.8 Å². The van der Waals surface area contributed by atoms with Gasteiger partial charge in [0.05, 0.1) is 5.67 Å². The summed E-state index contributed by atoms with van der Waals surface area (Å²) in [7, 11) is 0.732. The molecule has 0 aliphatic heterocycles. The number of hydrogen-bond donors (Lipinski definition) is 0. The number of nitrogens with zero attached hydrogens (tertiary/aromatic N) is 1. The van der Waals surface area contributed by atoms with Gasteiger partial charge in [0.25, 0.3) is 5.97 Å². The molecule has 1 atom stereocenters. The Balaban J connectivity index is 4.63. The van der Waals surface area contributed by atoms with E-state index in [1.54, 1.807) is 6.08 Å². The van der Waals surface area contributed by atoms with E-state index in [-0.39, 0.29) is 5.67 Å². The molecule has 0 aliphatic carbocycles. The third-order valence-corrected chi connectivity index (χ3v) is 2.58. The number of ether oxygens (including phenoxy) is 3. The first kappa shape index (κ1) is 15.5. The Bertz CT molecular complexity index is 214. The maximum Gasteiger partial charge on any atom is 0.284 e. The zero-order valence-electron chi connectivity index (χ0n) is 10.5. The van der Waals surface area contributed by atoms with Gasteiger partial charge in [-0.2, -0.15) is 0 Å². The molecule has 5 nitrogen and oxygen atoms in total. The molecule has 0 aliphatic rings. The molecular formula is C10H21NO4Si. The predicted molar refractivity (Wildman–Crippen MR) is 64.1 cm³/mol. The van der Waals surface area contributed by atoms with Crippen LogP contribution in [0.25, 0.3) is 0 Å². The SMILES string of the molecule is CCOC(CC([SiH3])N=C=O)(OCC)OCC. The fourth-order valence-electron chi connectivity index (χ4n) is 1.46. The fraction of sp³-hybridized carbons (Fsp3) is 0.900. The summed E-state index contributed by atoms with van der Waals surface area (Å²) in [5.41, 5.74) is -0.109. The van der Waals surface area contributed by atoms with Crippen molar-refractivity contribution in [1.82, 2.24) is 0 Å². The van der Waals surface area contributed by atoms with Crippen LogP contribution in [0.15, 0.2) is 4.99 Å². The molecule has 0 fully saturated rings. The Labute approximate surface area is 99.6 Å². The zero-order chi connectivity index (χ0) is 12.4. The standard InChI is InChI=1S/C10H21NO4Si/c1-4-13-10(14-5-2,15-6-3)7-9(16)11-8-12/h9H,4-7H2,1-3,16H3. The van der Waals surface area contributed by atoms with E-state index in [0.29, 0.717) is 26.2 Å². The van der Waals surface area contributed by atoms with Gasteiger partial charge in [-0.3, -0.25) is 0 Å². The smallest absolute Gasteiger partial charge is 0.284 e. The van der Waals surface area contributed by atoms with E-state index < -0.39 is 5.97 Å². The molecule has 0 aromatic rings. The van der Waals surface area contributed by atoms with Crippen LogP contribution in [0.4, 0.5) is 0 Å². The molecule has 1 unspecified atom stereocenters. The summed E-state index contributed by atoms with van der Waals surface area (Å²) >= 11 is 0. The van der Waals surface area contributed by atoms with Crippen LogP contribution in [0.2, 0.25) is 0 Å². The number of isocyanates is 1. The third-order valence-electron chi connectivity index (χ3n) is 1.91. The molecule has 0 bridgehead atoms. The minimum atomic E-state index is -1.06. The number of hydrogen-bond acceptors (Lipinski definition) is 5. The van der Waals surface area contributed by atoms with Gasteiger partial charge in [-0.15, -0.1) is 0 Å². The summed E-state index contributed by atoms with van der Waals surface area (Å²) < 4.78 is 16.5. The summed E-state index contributed by atoms with van der Waals surface area (Å²) in [6.07, 6.45) is 1.99. The molecule has 0 heterocycles. The van der Waals surface area contributed by atoms with E-state index in [4.69, 9.17) is 14.2 Å². The lowest BCUT2D eigenvalue weighted by Gasteiger charge is -2.33. The normalized spacial score (nSPS) is 13.4. The highest BCUT2D eigenvalue weighted by Crippen LogP contribution is 2.22. The zero-order valence-corrected chi connectivity index (χ0v) is 12.5. The maximum absolute atomic E-state index is 10.2. The second-order valence-corrected chi connectivity index (χ2v) is 4.59. The Morgan fingerprint density at radius 2 is 1.62 bits per heavy atom. The van der Waals surface area contributed by atoms with Crippen molar-refractivity contribution < 1.29 is 19.0 Å². The number of carbonyl (C=O) groups excluding carboxylic acids is 1. The van der Waals surface area contributed by atoms with Crippen molar-refractivity contribution in [3.05, 3.63) is 0 Å². The van der Waals surface area contributed by atoms with Crippen molar-refractivity contribution in [1.29, 1.82) is 0 Å². The third kappa shape index (κ3) is 5.53. The highest BCUT2D eigenvalue weighted by Gasteiger charge is 2.34. The molecule has 0 radical (unpaired) electrons. The molecular weight excluding hydrogens is 226 g/mol. The molecule has 94 valence electrons. The van der Waals surface area contributed by atoms with Crippen LogP contribution in [0, 0.1) is 0 Å². The van der Waals surface area contributed by atoms with E-state index in [2.05, 4.69) is 4.99 Å². The van der Waals surface area contributed by atoms with Gasteiger partial charge in [0.15, 0.2) is 0 Å². The first-order valence-corrected chi connectivity index (χ1v) is 6.78. The van der Waals surface area contributed by atoms with Crippen LogP contribution in [0.5, 0.6) is 0 Å². The van der Waals surface area contributed by atoms with E-state index in [0.717, 1.165) is 10.2 Å². The predicted octanol–water partition coefficient (Wildman–Crippen LogP) is 0.167. The van der Waals surface area contributed by atoms with Crippen molar-refractivity contribution in [2.45, 2.75) is 38.8 Å². The molecule has 0 rings (SSSR count). The van der Waals surface area contributed by atoms with Gasteiger partial charge >= 0.3 is 0 Å². The topological polar surface area (TPSA) is 57.1 Å². The van der Waals surface area contributed by atoms with Gasteiger partial charge in [-0.25, -0.2) is 9.79 Å². The van der Waals surface area contributed by atoms with Crippen molar-refractivity contribution >= 4 is 16.3 Å². The minimum Gasteiger partial charge on any atom is -0.328 e. The van der Waals surface area contributed by atoms with E-state index in [9.17, 15) is 4.79 Å². The molecule has 0 amide bonds. The highest BCUT2D eigenvalue weighted by molar-refractivity contribution is 6.12. The Morgan fingerprint density at radius 3 is 1.94 bits per heavy atom. The highest BCUT2D eigenvalue weighted by atomic mass is 28.1. The van der Waals surface area contributed by atoms with Gasteiger partial charge in [-0.1, -0.05) is 0 Å². The van der Waals surface area contributed by atoms with Crippen molar-refractivity contribution in [3.63, 3.8) is 0 Å². The molecule has 16 heavy (non-hydrogen) atoms. The van der Waals surface area contributed by atoms with Crippen molar-refractivity contribution in [2.75, 3.05) is 19.8 Å². The molecule has 0 aromatic heterocycles.